The van der Waals surface area contributed by atoms with Gasteiger partial charge in [0.2, 0.25) is 5.91 Å². The van der Waals surface area contributed by atoms with E-state index in [1.54, 1.807) is 29.8 Å². The van der Waals surface area contributed by atoms with Gasteiger partial charge in [0.15, 0.2) is 5.13 Å². The molecule has 0 spiro atoms. The topological polar surface area (TPSA) is 97.2 Å². The number of para-hydroxylation sites is 2. The van der Waals surface area contributed by atoms with Crippen molar-refractivity contribution in [3.8, 4) is 0 Å². The number of nitro benzene ring substituents is 1. The highest BCUT2D eigenvalue weighted by atomic mass is 32.1. The van der Waals surface area contributed by atoms with Crippen LogP contribution in [-0.4, -0.2) is 22.4 Å². The molecule has 1 heterocycles. The van der Waals surface area contributed by atoms with Gasteiger partial charge in [-0.05, 0) is 6.07 Å². The monoisotopic (exact) mass is 292 g/mol. The molecule has 0 aliphatic carbocycles. The van der Waals surface area contributed by atoms with E-state index in [1.165, 1.54) is 17.4 Å². The van der Waals surface area contributed by atoms with Gasteiger partial charge in [-0.15, -0.1) is 11.3 Å². The second-order valence-corrected chi connectivity index (χ2v) is 4.73. The third kappa shape index (κ3) is 3.75. The molecule has 0 atom stereocenters. The zero-order chi connectivity index (χ0) is 14.4. The summed E-state index contributed by atoms with van der Waals surface area (Å²) in [5.41, 5.74) is 0.396. The van der Waals surface area contributed by atoms with Gasteiger partial charge in [0.25, 0.3) is 5.69 Å². The first-order chi connectivity index (χ1) is 9.66. The molecule has 0 aliphatic rings. The van der Waals surface area contributed by atoms with Crippen LogP contribution >= 0.6 is 11.3 Å². The van der Waals surface area contributed by atoms with Crippen LogP contribution in [0.25, 0.3) is 0 Å². The molecule has 0 radical (unpaired) electrons. The summed E-state index contributed by atoms with van der Waals surface area (Å²) < 4.78 is 0. The molecular formula is C12H12N4O3S. The maximum atomic E-state index is 11.6. The Balaban J connectivity index is 1.84. The lowest BCUT2D eigenvalue weighted by molar-refractivity contribution is -0.384. The minimum absolute atomic E-state index is 0.00664. The number of nitro groups is 1. The lowest BCUT2D eigenvalue weighted by Gasteiger charge is -2.06. The quantitative estimate of drug-likeness (QED) is 0.629. The third-order valence-electron chi connectivity index (χ3n) is 2.45. The summed E-state index contributed by atoms with van der Waals surface area (Å²) in [6, 6.07) is 6.32. The Morgan fingerprint density at radius 3 is 2.90 bits per heavy atom. The van der Waals surface area contributed by atoms with Crippen molar-refractivity contribution in [2.75, 3.05) is 17.2 Å². The van der Waals surface area contributed by atoms with Gasteiger partial charge in [-0.25, -0.2) is 4.98 Å². The van der Waals surface area contributed by atoms with Crippen molar-refractivity contribution >= 4 is 33.8 Å². The minimum Gasteiger partial charge on any atom is -0.379 e. The van der Waals surface area contributed by atoms with E-state index in [0.29, 0.717) is 17.4 Å². The number of rotatable bonds is 6. The molecule has 1 aromatic heterocycles. The highest BCUT2D eigenvalue weighted by Crippen LogP contribution is 2.22. The van der Waals surface area contributed by atoms with Gasteiger partial charge in [0.1, 0.15) is 5.69 Å². The molecule has 2 N–H and O–H groups in total. The van der Waals surface area contributed by atoms with Gasteiger partial charge in [-0.3, -0.25) is 14.9 Å². The molecule has 0 fully saturated rings. The van der Waals surface area contributed by atoms with Gasteiger partial charge in [-0.1, -0.05) is 12.1 Å². The molecule has 0 saturated carbocycles. The second-order valence-electron chi connectivity index (χ2n) is 3.84. The number of carbonyl (C=O) groups is 1. The van der Waals surface area contributed by atoms with Gasteiger partial charge in [0.05, 0.1) is 4.92 Å². The Bertz CT molecular complexity index is 601. The van der Waals surface area contributed by atoms with Crippen molar-refractivity contribution in [3.05, 3.63) is 46.0 Å². The Kier molecular flexibility index (Phi) is 4.61. The summed E-state index contributed by atoms with van der Waals surface area (Å²) >= 11 is 1.33. The molecule has 104 valence electrons. The number of nitrogens with one attached hydrogen (secondary N) is 2. The molecule has 1 amide bonds. The molecule has 2 rings (SSSR count). The predicted molar refractivity (Wildman–Crippen MR) is 76.9 cm³/mol. The molecule has 1 aromatic carbocycles. The van der Waals surface area contributed by atoms with Gasteiger partial charge in [-0.2, -0.15) is 0 Å². The van der Waals surface area contributed by atoms with Gasteiger partial charge < -0.3 is 10.6 Å². The van der Waals surface area contributed by atoms with E-state index < -0.39 is 4.92 Å². The largest absolute Gasteiger partial charge is 0.379 e. The Hall–Kier alpha value is -2.48. The smallest absolute Gasteiger partial charge is 0.292 e. The van der Waals surface area contributed by atoms with E-state index in [-0.39, 0.29) is 18.0 Å². The van der Waals surface area contributed by atoms with E-state index in [1.807, 2.05) is 0 Å². The third-order valence-corrected chi connectivity index (χ3v) is 3.14. The summed E-state index contributed by atoms with van der Waals surface area (Å²) in [4.78, 5) is 25.9. The fourth-order valence-electron chi connectivity index (χ4n) is 1.56. The van der Waals surface area contributed by atoms with Crippen molar-refractivity contribution in [3.63, 3.8) is 0 Å². The number of benzene rings is 1. The second kappa shape index (κ2) is 6.62. The number of hydrogen-bond donors (Lipinski definition) is 2. The Labute approximate surface area is 118 Å². The average molecular weight is 292 g/mol. The number of amides is 1. The number of aromatic nitrogens is 1. The molecule has 0 aliphatic heterocycles. The Morgan fingerprint density at radius 1 is 1.40 bits per heavy atom. The van der Waals surface area contributed by atoms with Crippen LogP contribution in [0.5, 0.6) is 0 Å². The number of carbonyl (C=O) groups excluding carboxylic acids is 1. The fourth-order valence-corrected chi connectivity index (χ4v) is 2.11. The molecule has 20 heavy (non-hydrogen) atoms. The molecule has 0 unspecified atom stereocenters. The molecule has 7 nitrogen and oxygen atoms in total. The van der Waals surface area contributed by atoms with E-state index in [4.69, 9.17) is 0 Å². The highest BCUT2D eigenvalue weighted by Gasteiger charge is 2.12. The fraction of sp³-hybridized carbons (Fsp3) is 0.167. The van der Waals surface area contributed by atoms with Gasteiger partial charge >= 0.3 is 0 Å². The maximum Gasteiger partial charge on any atom is 0.292 e. The van der Waals surface area contributed by atoms with Gasteiger partial charge in [0, 0.05) is 30.6 Å². The average Bonchev–Trinajstić information content (AvgIpc) is 2.92. The number of thiazole rings is 1. The summed E-state index contributed by atoms with van der Waals surface area (Å²) in [6.07, 6.45) is 1.80. The van der Waals surface area contributed by atoms with Crippen LogP contribution in [0.3, 0.4) is 0 Å². The Morgan fingerprint density at radius 2 is 2.20 bits per heavy atom. The lowest BCUT2D eigenvalue weighted by Crippen LogP contribution is -2.16. The zero-order valence-corrected chi connectivity index (χ0v) is 11.2. The summed E-state index contributed by atoms with van der Waals surface area (Å²) in [5.74, 6) is -0.189. The van der Waals surface area contributed by atoms with E-state index in [9.17, 15) is 14.9 Å². The van der Waals surface area contributed by atoms with Crippen LogP contribution in [0.4, 0.5) is 16.5 Å². The molecule has 0 saturated heterocycles. The van der Waals surface area contributed by atoms with Crippen LogP contribution in [0.2, 0.25) is 0 Å². The predicted octanol–water partition coefficient (Wildman–Crippen LogP) is 2.49. The van der Waals surface area contributed by atoms with Crippen LogP contribution in [-0.2, 0) is 4.79 Å². The van der Waals surface area contributed by atoms with Crippen molar-refractivity contribution < 1.29 is 9.72 Å². The SMILES string of the molecule is O=C(CCNc1ccccc1[N+](=O)[O-])Nc1nccs1. The van der Waals surface area contributed by atoms with Crippen molar-refractivity contribution in [2.45, 2.75) is 6.42 Å². The van der Waals surface area contributed by atoms with E-state index >= 15 is 0 Å². The molecule has 0 bridgehead atoms. The van der Waals surface area contributed by atoms with Crippen molar-refractivity contribution in [1.82, 2.24) is 4.98 Å². The normalized spacial score (nSPS) is 10.0. The van der Waals surface area contributed by atoms with E-state index in [0.717, 1.165) is 0 Å². The number of hydrogen-bond acceptors (Lipinski definition) is 6. The van der Waals surface area contributed by atoms with E-state index in [2.05, 4.69) is 15.6 Å². The van der Waals surface area contributed by atoms with Crippen LogP contribution in [0, 0.1) is 10.1 Å². The first-order valence-electron chi connectivity index (χ1n) is 5.83. The molecule has 2 aromatic rings. The highest BCUT2D eigenvalue weighted by molar-refractivity contribution is 7.13. The first kappa shape index (κ1) is 13.9. The van der Waals surface area contributed by atoms with Crippen molar-refractivity contribution in [2.24, 2.45) is 0 Å². The van der Waals surface area contributed by atoms with Crippen LogP contribution < -0.4 is 10.6 Å². The van der Waals surface area contributed by atoms with Crippen LogP contribution in [0.15, 0.2) is 35.8 Å². The summed E-state index contributed by atoms with van der Waals surface area (Å²) in [6.45, 7) is 0.308. The lowest BCUT2D eigenvalue weighted by atomic mass is 10.2. The number of anilines is 2. The first-order valence-corrected chi connectivity index (χ1v) is 6.71. The summed E-state index contributed by atoms with van der Waals surface area (Å²) in [5, 5.41) is 18.6. The summed E-state index contributed by atoms with van der Waals surface area (Å²) in [7, 11) is 0. The maximum absolute atomic E-state index is 11.6. The minimum atomic E-state index is -0.460. The standard InChI is InChI=1S/C12H12N4O3S/c17-11(15-12-14-7-8-20-12)5-6-13-9-3-1-2-4-10(9)16(18)19/h1-4,7-8,13H,5-6H2,(H,14,15,17). The number of nitrogens with zero attached hydrogens (tertiary/aromatic N) is 2. The van der Waals surface area contributed by atoms with Crippen LogP contribution in [0.1, 0.15) is 6.42 Å². The molecule has 8 heteroatoms. The molecular weight excluding hydrogens is 280 g/mol. The van der Waals surface area contributed by atoms with Crippen molar-refractivity contribution in [1.29, 1.82) is 0 Å². The zero-order valence-electron chi connectivity index (χ0n) is 10.4.